The van der Waals surface area contributed by atoms with Gasteiger partial charge in [-0.2, -0.15) is 0 Å². The lowest BCUT2D eigenvalue weighted by molar-refractivity contribution is 0.102. The summed E-state index contributed by atoms with van der Waals surface area (Å²) in [6.45, 7) is 1.98. The number of carbonyl (C=O) groups is 1. The van der Waals surface area contributed by atoms with E-state index in [4.69, 9.17) is 4.74 Å². The number of methoxy groups -OCH3 is 1. The average molecular weight is 403 g/mol. The molecule has 3 rings (SSSR count). The number of aryl methyl sites for hydroxylation is 1. The quantitative estimate of drug-likeness (QED) is 0.656. The Kier molecular flexibility index (Phi) is 4.97. The molecule has 6 heteroatoms. The molecular weight excluding hydrogens is 388 g/mol. The minimum absolute atomic E-state index is 0.196. The fourth-order valence-electron chi connectivity index (χ4n) is 2.22. The molecule has 0 spiro atoms. The summed E-state index contributed by atoms with van der Waals surface area (Å²) >= 11 is 5.01. The number of benzene rings is 2. The second kappa shape index (κ2) is 7.15. The predicted octanol–water partition coefficient (Wildman–Crippen LogP) is 5.14. The van der Waals surface area contributed by atoms with Crippen molar-refractivity contribution in [3.05, 3.63) is 62.9 Å². The van der Waals surface area contributed by atoms with Gasteiger partial charge in [0.05, 0.1) is 23.4 Å². The first-order valence-electron chi connectivity index (χ1n) is 7.24. The van der Waals surface area contributed by atoms with Gasteiger partial charge in [0, 0.05) is 21.1 Å². The number of ether oxygens (including phenoxy) is 1. The van der Waals surface area contributed by atoms with Gasteiger partial charge in [-0.15, -0.1) is 11.3 Å². The summed E-state index contributed by atoms with van der Waals surface area (Å²) < 4.78 is 5.89. The van der Waals surface area contributed by atoms with E-state index in [9.17, 15) is 4.79 Å². The van der Waals surface area contributed by atoms with Gasteiger partial charge >= 0.3 is 0 Å². The van der Waals surface area contributed by atoms with Gasteiger partial charge in [0.15, 0.2) is 0 Å². The van der Waals surface area contributed by atoms with Gasteiger partial charge in [-0.1, -0.05) is 12.1 Å². The summed E-state index contributed by atoms with van der Waals surface area (Å²) in [5, 5.41) is 5.95. The molecule has 0 bridgehead atoms. The normalized spacial score (nSPS) is 10.5. The van der Waals surface area contributed by atoms with Crippen molar-refractivity contribution in [2.24, 2.45) is 0 Å². The van der Waals surface area contributed by atoms with Crippen LogP contribution >= 0.6 is 27.3 Å². The monoisotopic (exact) mass is 402 g/mol. The van der Waals surface area contributed by atoms with Crippen molar-refractivity contribution in [3.63, 3.8) is 0 Å². The van der Waals surface area contributed by atoms with Crippen molar-refractivity contribution in [1.29, 1.82) is 0 Å². The van der Waals surface area contributed by atoms with E-state index in [1.165, 1.54) is 0 Å². The number of nitrogens with zero attached hydrogens (tertiary/aromatic N) is 1. The molecule has 0 unspecified atom stereocenters. The van der Waals surface area contributed by atoms with E-state index in [1.54, 1.807) is 36.6 Å². The zero-order valence-corrected chi connectivity index (χ0v) is 15.6. The van der Waals surface area contributed by atoms with Gasteiger partial charge in [0.2, 0.25) is 0 Å². The van der Waals surface area contributed by atoms with Gasteiger partial charge in [-0.3, -0.25) is 4.79 Å². The largest absolute Gasteiger partial charge is 0.497 e. The van der Waals surface area contributed by atoms with Crippen LogP contribution in [0.5, 0.6) is 5.75 Å². The summed E-state index contributed by atoms with van der Waals surface area (Å²) in [4.78, 5) is 16.9. The van der Waals surface area contributed by atoms with Gasteiger partial charge in [-0.05, 0) is 53.2 Å². The third-order valence-electron chi connectivity index (χ3n) is 3.48. The van der Waals surface area contributed by atoms with Crippen LogP contribution in [0.2, 0.25) is 0 Å². The Labute approximate surface area is 152 Å². The maximum Gasteiger partial charge on any atom is 0.256 e. The lowest BCUT2D eigenvalue weighted by atomic mass is 10.1. The van der Waals surface area contributed by atoms with E-state index >= 15 is 0 Å². The Balaban J connectivity index is 1.77. The van der Waals surface area contributed by atoms with E-state index in [0.29, 0.717) is 11.3 Å². The maximum absolute atomic E-state index is 12.5. The number of hydrogen-bond donors (Lipinski definition) is 1. The molecule has 1 amide bonds. The summed E-state index contributed by atoms with van der Waals surface area (Å²) in [6.07, 6.45) is 0. The van der Waals surface area contributed by atoms with Crippen LogP contribution in [-0.2, 0) is 0 Å². The van der Waals surface area contributed by atoms with Gasteiger partial charge in [0.25, 0.3) is 5.91 Å². The maximum atomic E-state index is 12.5. The molecule has 4 nitrogen and oxygen atoms in total. The highest BCUT2D eigenvalue weighted by molar-refractivity contribution is 9.10. The molecule has 122 valence electrons. The van der Waals surface area contributed by atoms with Crippen molar-refractivity contribution >= 4 is 38.9 Å². The third kappa shape index (κ3) is 3.66. The molecule has 0 radical (unpaired) electrons. The standard InChI is InChI=1S/C18H15BrN2O2S/c1-11-20-17(10-24-11)12-3-5-13(6-4-12)21-18(22)15-9-14(23-2)7-8-16(15)19/h3-10H,1-2H3,(H,21,22). The topological polar surface area (TPSA) is 51.2 Å². The summed E-state index contributed by atoms with van der Waals surface area (Å²) in [7, 11) is 1.57. The zero-order chi connectivity index (χ0) is 17.1. The third-order valence-corrected chi connectivity index (χ3v) is 4.94. The molecule has 0 atom stereocenters. The summed E-state index contributed by atoms with van der Waals surface area (Å²) in [5.74, 6) is 0.440. The van der Waals surface area contributed by atoms with E-state index in [0.717, 1.165) is 26.4 Å². The minimum Gasteiger partial charge on any atom is -0.497 e. The van der Waals surface area contributed by atoms with E-state index in [1.807, 2.05) is 36.6 Å². The van der Waals surface area contributed by atoms with Crippen molar-refractivity contribution < 1.29 is 9.53 Å². The smallest absolute Gasteiger partial charge is 0.256 e. The number of rotatable bonds is 4. The Bertz CT molecular complexity index is 875. The van der Waals surface area contributed by atoms with Crippen molar-refractivity contribution in [3.8, 4) is 17.0 Å². The highest BCUT2D eigenvalue weighted by Gasteiger charge is 2.12. The average Bonchev–Trinajstić information content (AvgIpc) is 3.02. The Morgan fingerprint density at radius 1 is 1.21 bits per heavy atom. The second-order valence-electron chi connectivity index (χ2n) is 5.13. The Morgan fingerprint density at radius 2 is 1.96 bits per heavy atom. The fraction of sp³-hybridized carbons (Fsp3) is 0.111. The number of carbonyl (C=O) groups excluding carboxylic acids is 1. The first-order chi connectivity index (χ1) is 11.6. The van der Waals surface area contributed by atoms with Crippen LogP contribution in [0.1, 0.15) is 15.4 Å². The molecule has 3 aromatic rings. The molecular formula is C18H15BrN2O2S. The van der Waals surface area contributed by atoms with Crippen LogP contribution in [0.25, 0.3) is 11.3 Å². The van der Waals surface area contributed by atoms with Crippen molar-refractivity contribution in [2.75, 3.05) is 12.4 Å². The molecule has 24 heavy (non-hydrogen) atoms. The van der Waals surface area contributed by atoms with Crippen LogP contribution in [0, 0.1) is 6.92 Å². The van der Waals surface area contributed by atoms with E-state index in [2.05, 4.69) is 26.2 Å². The molecule has 0 aliphatic heterocycles. The summed E-state index contributed by atoms with van der Waals surface area (Å²) in [6, 6.07) is 12.9. The van der Waals surface area contributed by atoms with Crippen molar-refractivity contribution in [2.45, 2.75) is 6.92 Å². The molecule has 0 fully saturated rings. The first-order valence-corrected chi connectivity index (χ1v) is 8.91. The van der Waals surface area contributed by atoms with Crippen LogP contribution in [-0.4, -0.2) is 18.0 Å². The highest BCUT2D eigenvalue weighted by atomic mass is 79.9. The number of aromatic nitrogens is 1. The van der Waals surface area contributed by atoms with Crippen LogP contribution < -0.4 is 10.1 Å². The lowest BCUT2D eigenvalue weighted by Crippen LogP contribution is -2.12. The molecule has 1 aromatic heterocycles. The Morgan fingerprint density at radius 3 is 2.58 bits per heavy atom. The number of nitrogens with one attached hydrogen (secondary N) is 1. The van der Waals surface area contributed by atoms with E-state index < -0.39 is 0 Å². The van der Waals surface area contributed by atoms with Gasteiger partial charge in [0.1, 0.15) is 5.75 Å². The highest BCUT2D eigenvalue weighted by Crippen LogP contribution is 2.25. The molecule has 1 heterocycles. The van der Waals surface area contributed by atoms with Crippen LogP contribution in [0.15, 0.2) is 52.3 Å². The minimum atomic E-state index is -0.196. The van der Waals surface area contributed by atoms with E-state index in [-0.39, 0.29) is 5.91 Å². The summed E-state index contributed by atoms with van der Waals surface area (Å²) in [5.41, 5.74) is 3.23. The number of hydrogen-bond acceptors (Lipinski definition) is 4. The molecule has 2 aromatic carbocycles. The molecule has 0 saturated heterocycles. The predicted molar refractivity (Wildman–Crippen MR) is 101 cm³/mol. The van der Waals surface area contributed by atoms with Gasteiger partial charge < -0.3 is 10.1 Å². The number of amides is 1. The first kappa shape index (κ1) is 16.7. The van der Waals surface area contributed by atoms with Gasteiger partial charge in [-0.25, -0.2) is 4.98 Å². The lowest BCUT2D eigenvalue weighted by Gasteiger charge is -2.09. The van der Waals surface area contributed by atoms with Crippen molar-refractivity contribution in [1.82, 2.24) is 4.98 Å². The second-order valence-corrected chi connectivity index (χ2v) is 7.05. The number of anilines is 1. The number of halogens is 1. The van der Waals surface area contributed by atoms with Crippen LogP contribution in [0.4, 0.5) is 5.69 Å². The molecule has 0 aliphatic carbocycles. The Hall–Kier alpha value is -2.18. The number of thiazole rings is 1. The molecule has 1 N–H and O–H groups in total. The molecule has 0 saturated carbocycles. The van der Waals surface area contributed by atoms with Crippen LogP contribution in [0.3, 0.4) is 0 Å². The molecule has 0 aliphatic rings. The SMILES string of the molecule is COc1ccc(Br)c(C(=O)Nc2ccc(-c3csc(C)n3)cc2)c1. The fourth-order valence-corrected chi connectivity index (χ4v) is 3.27. The zero-order valence-electron chi connectivity index (χ0n) is 13.2.